The van der Waals surface area contributed by atoms with Crippen molar-refractivity contribution in [3.05, 3.63) is 68.3 Å². The minimum atomic E-state index is -0.871. The van der Waals surface area contributed by atoms with Gasteiger partial charge in [0, 0.05) is 33.4 Å². The summed E-state index contributed by atoms with van der Waals surface area (Å²) in [5, 5.41) is 20.9. The molecular weight excluding hydrogens is 1100 g/mol. The summed E-state index contributed by atoms with van der Waals surface area (Å²) in [6.45, 7) is 16.7. The number of hydrogen-bond donors (Lipinski definition) is 2. The Morgan fingerprint density at radius 1 is 0.345 bits per heavy atom. The first kappa shape index (κ1) is 75.0. The lowest BCUT2D eigenvalue weighted by molar-refractivity contribution is -0.150. The van der Waals surface area contributed by atoms with Gasteiger partial charge in [0.1, 0.15) is 25.7 Å². The van der Waals surface area contributed by atoms with Gasteiger partial charge >= 0.3 is 47.8 Å². The molecule has 0 atom stereocenters. The van der Waals surface area contributed by atoms with Crippen LogP contribution in [-0.4, -0.2) is 129 Å². The van der Waals surface area contributed by atoms with Crippen molar-refractivity contribution < 1.29 is 115 Å². The van der Waals surface area contributed by atoms with Crippen LogP contribution in [-0.2, 0) is 76.6 Å². The third kappa shape index (κ3) is 21.7. The van der Waals surface area contributed by atoms with Crippen LogP contribution in [0.1, 0.15) is 114 Å². The molecule has 0 aliphatic carbocycles. The van der Waals surface area contributed by atoms with Crippen molar-refractivity contribution in [3.8, 4) is 69.0 Å². The molecule has 3 aromatic rings. The predicted molar refractivity (Wildman–Crippen MR) is 306 cm³/mol. The van der Waals surface area contributed by atoms with Gasteiger partial charge in [-0.25, -0.2) is 0 Å². The molecule has 0 radical (unpaired) electrons. The highest BCUT2D eigenvalue weighted by Crippen LogP contribution is 2.52. The minimum absolute atomic E-state index is 0. The normalized spacial score (nSPS) is 10.2. The van der Waals surface area contributed by atoms with Crippen LogP contribution in [0, 0.1) is 20.8 Å². The molecule has 0 heterocycles. The van der Waals surface area contributed by atoms with Gasteiger partial charge in [0.2, 0.25) is 34.5 Å². The van der Waals surface area contributed by atoms with Gasteiger partial charge in [-0.2, -0.15) is 0 Å². The van der Waals surface area contributed by atoms with Crippen LogP contribution in [0.3, 0.4) is 0 Å². The molecule has 84 heavy (non-hydrogen) atoms. The van der Waals surface area contributed by atoms with E-state index in [4.69, 9.17) is 47.4 Å². The van der Waals surface area contributed by atoms with Gasteiger partial charge in [0.25, 0.3) is 0 Å². The van der Waals surface area contributed by atoms with Gasteiger partial charge in [-0.15, -0.1) is 0 Å². The standard InChI is InChI=1S/C22H28O10.C19H26O7.C18H24O7.CH4/c1-12(2)8-9-14-13(3)19(31-17(25)10-15(23)27-4)21(29-6)22(30-7)20(14)32-18(26)11-16(24)28-5;1-7-11(2)8-9-13-12(3)17(26-15(21)10-14(20)23-4)19(25-6)18(24-5)16(13)22;1-10(2)7-8-12-11(3)15(21)17(23-5)18(24-6)16(12)25-14(20)9-13(19)22-4;/h8H,9-11H2,1-7H3;8,22H,7,9-10H2,1-6H3;7,21H,8-9H2,1-6H3;1H4/b;11-8+;;. The van der Waals surface area contributed by atoms with Crippen LogP contribution in [0.5, 0.6) is 69.0 Å². The van der Waals surface area contributed by atoms with E-state index in [2.05, 4.69) is 18.9 Å². The van der Waals surface area contributed by atoms with Gasteiger partial charge in [0.05, 0.1) is 71.1 Å². The summed E-state index contributed by atoms with van der Waals surface area (Å²) in [6, 6.07) is 0. The lowest BCUT2D eigenvalue weighted by Crippen LogP contribution is -2.18. The van der Waals surface area contributed by atoms with Gasteiger partial charge in [-0.05, 0) is 81.1 Å². The van der Waals surface area contributed by atoms with Crippen LogP contribution < -0.4 is 47.4 Å². The summed E-state index contributed by atoms with van der Waals surface area (Å²) in [5.74, 6) is -5.97. The maximum Gasteiger partial charge on any atom is 0.322 e. The summed E-state index contributed by atoms with van der Waals surface area (Å²) < 4.78 is 71.2. The van der Waals surface area contributed by atoms with Crippen molar-refractivity contribution in [2.24, 2.45) is 0 Å². The fraction of sp³-hybridized carbons (Fsp3) is 0.467. The molecule has 0 unspecified atom stereocenters. The molecule has 0 saturated carbocycles. The van der Waals surface area contributed by atoms with Gasteiger partial charge < -0.3 is 76.5 Å². The van der Waals surface area contributed by atoms with E-state index in [1.54, 1.807) is 20.8 Å². The fourth-order valence-corrected chi connectivity index (χ4v) is 7.20. The first-order valence-electron chi connectivity index (χ1n) is 25.4. The largest absolute Gasteiger partial charge is 0.504 e. The molecule has 0 fully saturated rings. The van der Waals surface area contributed by atoms with Gasteiger partial charge in [-0.3, -0.25) is 38.4 Å². The monoisotopic (exact) mass is 1190 g/mol. The van der Waals surface area contributed by atoms with Crippen LogP contribution in [0.25, 0.3) is 0 Å². The number of hydrogen-bond acceptors (Lipinski definition) is 24. The van der Waals surface area contributed by atoms with Crippen molar-refractivity contribution in [2.45, 2.75) is 121 Å². The first-order valence-corrected chi connectivity index (χ1v) is 25.4. The number of phenolic OH excluding ortho intramolecular Hbond substituents is 2. The Labute approximate surface area is 490 Å². The second kappa shape index (κ2) is 37.2. The molecule has 0 aliphatic heterocycles. The highest BCUT2D eigenvalue weighted by molar-refractivity contribution is 5.95. The number of aromatic hydroxyl groups is 2. The van der Waals surface area contributed by atoms with E-state index >= 15 is 0 Å². The maximum absolute atomic E-state index is 12.3. The van der Waals surface area contributed by atoms with E-state index in [1.165, 1.54) is 56.9 Å². The van der Waals surface area contributed by atoms with E-state index < -0.39 is 73.4 Å². The third-order valence-corrected chi connectivity index (χ3v) is 11.9. The number of carbonyl (C=O) groups excluding carboxylic acids is 8. The molecule has 0 amide bonds. The second-order valence-corrected chi connectivity index (χ2v) is 18.0. The Balaban J connectivity index is 0.00000123. The zero-order chi connectivity index (χ0) is 63.4. The molecule has 3 rings (SSSR count). The van der Waals surface area contributed by atoms with Crippen LogP contribution >= 0.6 is 0 Å². The topological polar surface area (TPSA) is 306 Å². The molecule has 0 saturated heterocycles. The maximum atomic E-state index is 12.3. The van der Waals surface area contributed by atoms with Crippen LogP contribution in [0.15, 0.2) is 34.9 Å². The SMILES string of the molecule is C.CC/C(C)=C/Cc1c(C)c(OC(=O)CC(=O)OC)c(OC)c(OC)c1O.COC(=O)CC(=O)Oc1c(C)c(CC=C(C)C)c(OC(=O)CC(=O)OC)c(OC)c1OC.COC(=O)CC(=O)Oc1c(CC=C(C)C)c(C)c(O)c(OC)c1OC. The minimum Gasteiger partial charge on any atom is -0.504 e. The van der Waals surface area contributed by atoms with Crippen LogP contribution in [0.2, 0.25) is 0 Å². The number of benzene rings is 3. The molecule has 0 aliphatic rings. The average molecular weight is 1190 g/mol. The first-order chi connectivity index (χ1) is 39.1. The zero-order valence-electron chi connectivity index (χ0n) is 50.8. The smallest absolute Gasteiger partial charge is 0.322 e. The van der Waals surface area contributed by atoms with E-state index in [0.717, 1.165) is 37.4 Å². The number of esters is 8. The van der Waals surface area contributed by atoms with Gasteiger partial charge in [-0.1, -0.05) is 49.3 Å². The number of allylic oxidation sites excluding steroid dienone is 6. The molecular formula is C60H82O24. The molecule has 3 aromatic carbocycles. The average Bonchev–Trinajstić information content (AvgIpc) is 2.67. The van der Waals surface area contributed by atoms with Crippen molar-refractivity contribution in [1.29, 1.82) is 0 Å². The van der Waals surface area contributed by atoms with Crippen molar-refractivity contribution in [1.82, 2.24) is 0 Å². The molecule has 466 valence electrons. The molecule has 0 spiro atoms. The number of rotatable bonds is 25. The summed E-state index contributed by atoms with van der Waals surface area (Å²) in [5.41, 5.74) is 6.21. The predicted octanol–water partition coefficient (Wildman–Crippen LogP) is 8.87. The number of carbonyl (C=O) groups is 8. The van der Waals surface area contributed by atoms with Crippen LogP contribution in [0.4, 0.5) is 0 Å². The number of phenols is 2. The Morgan fingerprint density at radius 2 is 0.607 bits per heavy atom. The van der Waals surface area contributed by atoms with Crippen molar-refractivity contribution >= 4 is 47.8 Å². The summed E-state index contributed by atoms with van der Waals surface area (Å²) >= 11 is 0. The third-order valence-electron chi connectivity index (χ3n) is 11.9. The Morgan fingerprint density at radius 3 is 0.917 bits per heavy atom. The Kier molecular flexibility index (Phi) is 33.2. The van der Waals surface area contributed by atoms with E-state index in [0.29, 0.717) is 46.2 Å². The second-order valence-electron chi connectivity index (χ2n) is 18.0. The zero-order valence-corrected chi connectivity index (χ0v) is 50.8. The lowest BCUT2D eigenvalue weighted by Gasteiger charge is -2.22. The molecule has 24 heteroatoms. The molecule has 0 aromatic heterocycles. The highest BCUT2D eigenvalue weighted by Gasteiger charge is 2.31. The van der Waals surface area contributed by atoms with E-state index in [1.807, 2.05) is 59.8 Å². The summed E-state index contributed by atoms with van der Waals surface area (Å²) in [7, 11) is 12.8. The Hall–Kier alpha value is -8.96. The van der Waals surface area contributed by atoms with Crippen molar-refractivity contribution in [3.63, 3.8) is 0 Å². The fourth-order valence-electron chi connectivity index (χ4n) is 7.20. The molecule has 0 bridgehead atoms. The van der Waals surface area contributed by atoms with E-state index in [-0.39, 0.29) is 82.8 Å². The molecule has 24 nitrogen and oxygen atoms in total. The Bertz CT molecular complexity index is 2920. The van der Waals surface area contributed by atoms with Crippen molar-refractivity contribution in [2.75, 3.05) is 71.1 Å². The molecule has 2 N–H and O–H groups in total. The number of methoxy groups -OCH3 is 10. The summed E-state index contributed by atoms with van der Waals surface area (Å²) in [4.78, 5) is 94.0. The quantitative estimate of drug-likeness (QED) is 0.0263. The summed E-state index contributed by atoms with van der Waals surface area (Å²) in [6.07, 6.45) is 5.48. The highest BCUT2D eigenvalue weighted by atomic mass is 16.6. The number of ether oxygens (including phenoxy) is 14. The lowest BCUT2D eigenvalue weighted by atomic mass is 10.00. The van der Waals surface area contributed by atoms with Gasteiger partial charge in [0.15, 0.2) is 34.5 Å². The van der Waals surface area contributed by atoms with E-state index in [9.17, 15) is 48.6 Å².